The fraction of sp³-hybridized carbons (Fsp3) is 0.200. The van der Waals surface area contributed by atoms with Gasteiger partial charge in [-0.05, 0) is 40.8 Å². The highest BCUT2D eigenvalue weighted by atomic mass is 35.5. The zero-order chi connectivity index (χ0) is 28.6. The number of nitrogens with two attached hydrogens (primary N) is 1. The highest BCUT2D eigenvalue weighted by molar-refractivity contribution is 6.32. The molecule has 40 heavy (non-hydrogen) atoms. The predicted octanol–water partition coefficient (Wildman–Crippen LogP) is 4.46. The molecular weight excluding hydrogens is 558 g/mol. The average Bonchev–Trinajstić information content (AvgIpc) is 3.54. The van der Waals surface area contributed by atoms with E-state index in [9.17, 15) is 27.2 Å². The summed E-state index contributed by atoms with van der Waals surface area (Å²) in [4.78, 5) is 37.4. The van der Waals surface area contributed by atoms with Crippen molar-refractivity contribution < 1.29 is 31.9 Å². The van der Waals surface area contributed by atoms with Crippen LogP contribution in [-0.2, 0) is 14.3 Å². The maximum Gasteiger partial charge on any atom is 0.297 e. The topological polar surface area (TPSA) is 129 Å². The van der Waals surface area contributed by atoms with Crippen molar-refractivity contribution in [1.29, 1.82) is 0 Å². The van der Waals surface area contributed by atoms with E-state index in [4.69, 9.17) is 22.1 Å². The quantitative estimate of drug-likeness (QED) is 0.230. The highest BCUT2D eigenvalue weighted by Gasteiger charge is 2.40. The molecule has 1 aliphatic rings. The summed E-state index contributed by atoms with van der Waals surface area (Å²) in [5, 5.41) is 4.54. The molecule has 206 valence electrons. The largest absolute Gasteiger partial charge is 0.465 e. The number of halogens is 5. The fourth-order valence-corrected chi connectivity index (χ4v) is 4.72. The van der Waals surface area contributed by atoms with Crippen molar-refractivity contribution in [3.63, 3.8) is 0 Å². The number of alkyl halides is 4. The molecule has 1 aliphatic heterocycles. The predicted molar refractivity (Wildman–Crippen MR) is 134 cm³/mol. The van der Waals surface area contributed by atoms with Gasteiger partial charge in [0.1, 0.15) is 18.6 Å². The maximum absolute atomic E-state index is 13.6. The minimum Gasteiger partial charge on any atom is -0.465 e. The number of carbonyl (C=O) groups excluding carboxylic acids is 2. The summed E-state index contributed by atoms with van der Waals surface area (Å²) in [6.07, 6.45) is -3.55. The monoisotopic (exact) mass is 575 g/mol. The number of benzene rings is 2. The molecule has 0 saturated carbocycles. The average molecular weight is 576 g/mol. The molecule has 10 nitrogen and oxygen atoms in total. The van der Waals surface area contributed by atoms with Gasteiger partial charge in [0.05, 0.1) is 16.8 Å². The molecule has 2 atom stereocenters. The van der Waals surface area contributed by atoms with Crippen LogP contribution >= 0.6 is 11.6 Å². The lowest BCUT2D eigenvalue weighted by atomic mass is 10.00. The number of fused-ring (bicyclic) bond motifs is 1. The molecule has 2 N–H and O–H groups in total. The van der Waals surface area contributed by atoms with Crippen LogP contribution in [-0.4, -0.2) is 49.6 Å². The zero-order valence-corrected chi connectivity index (χ0v) is 20.9. The fourth-order valence-electron chi connectivity index (χ4n) is 4.52. The van der Waals surface area contributed by atoms with Gasteiger partial charge in [-0.1, -0.05) is 29.8 Å². The number of pyridine rings is 1. The number of aliphatic imine (C=N–C) groups is 1. The number of rotatable bonds is 9. The second-order valence-electron chi connectivity index (χ2n) is 8.56. The summed E-state index contributed by atoms with van der Waals surface area (Å²) in [6.45, 7) is -0.182. The molecule has 2 aromatic heterocycles. The normalized spacial score (nSPS) is 16.2. The Kier molecular flexibility index (Phi) is 7.34. The van der Waals surface area contributed by atoms with E-state index >= 15 is 0 Å². The standard InChI is InChI=1S/C25H18ClF4N7O3/c26-16-4-2-13(8-17(16)37-23(22(29)30)33-10-34-37)18(9-40-11-38)36-24(39)19(35-25(36)31)14-1-3-15-12(7-14)5-6-32-20(15)21(27)28/h1-8,10-11,18-19,21-22H,9H2,(H2,31,35)/t18-,19-/m1/s1. The Morgan fingerprint density at radius 1 is 1.07 bits per heavy atom. The van der Waals surface area contributed by atoms with Crippen molar-refractivity contribution >= 4 is 40.7 Å². The number of hydrogen-bond acceptors (Lipinski definition) is 8. The minimum atomic E-state index is -2.95. The summed E-state index contributed by atoms with van der Waals surface area (Å²) in [6, 6.07) is 8.12. The number of amides is 1. The first-order valence-corrected chi connectivity index (χ1v) is 11.9. The van der Waals surface area contributed by atoms with Crippen LogP contribution in [0.5, 0.6) is 0 Å². The lowest BCUT2D eigenvalue weighted by Gasteiger charge is -2.28. The Morgan fingerprint density at radius 3 is 2.60 bits per heavy atom. The third-order valence-electron chi connectivity index (χ3n) is 6.31. The van der Waals surface area contributed by atoms with Crippen molar-refractivity contribution in [1.82, 2.24) is 24.6 Å². The number of ether oxygens (including phenoxy) is 1. The molecule has 0 bridgehead atoms. The smallest absolute Gasteiger partial charge is 0.297 e. The molecule has 0 spiro atoms. The Balaban J connectivity index is 1.52. The van der Waals surface area contributed by atoms with Crippen LogP contribution in [0.2, 0.25) is 5.02 Å². The molecule has 0 aliphatic carbocycles. The van der Waals surface area contributed by atoms with E-state index in [2.05, 4.69) is 20.1 Å². The van der Waals surface area contributed by atoms with Gasteiger partial charge in [-0.25, -0.2) is 32.2 Å². The summed E-state index contributed by atoms with van der Waals surface area (Å²) in [5.74, 6) is -1.45. The molecule has 1 amide bonds. The molecule has 0 fully saturated rings. The molecule has 3 heterocycles. The summed E-state index contributed by atoms with van der Waals surface area (Å²) in [5.41, 5.74) is 6.51. The van der Waals surface area contributed by atoms with E-state index < -0.39 is 42.4 Å². The number of guanidine groups is 1. The van der Waals surface area contributed by atoms with Gasteiger partial charge in [-0.2, -0.15) is 5.10 Å². The lowest BCUT2D eigenvalue weighted by molar-refractivity contribution is -0.135. The summed E-state index contributed by atoms with van der Waals surface area (Å²) in [7, 11) is 0. The maximum atomic E-state index is 13.6. The van der Waals surface area contributed by atoms with Gasteiger partial charge in [0, 0.05) is 11.6 Å². The van der Waals surface area contributed by atoms with Crippen molar-refractivity contribution in [2.75, 3.05) is 6.61 Å². The minimum absolute atomic E-state index is 0.0414. The third kappa shape index (κ3) is 4.81. The first-order chi connectivity index (χ1) is 19.2. The van der Waals surface area contributed by atoms with Gasteiger partial charge in [-0.15, -0.1) is 0 Å². The van der Waals surface area contributed by atoms with Gasteiger partial charge in [-0.3, -0.25) is 19.5 Å². The van der Waals surface area contributed by atoms with E-state index in [1.807, 2.05) is 0 Å². The van der Waals surface area contributed by atoms with Crippen molar-refractivity contribution in [2.24, 2.45) is 10.7 Å². The van der Waals surface area contributed by atoms with Gasteiger partial charge in [0.15, 0.2) is 17.8 Å². The van der Waals surface area contributed by atoms with Crippen molar-refractivity contribution in [2.45, 2.75) is 24.9 Å². The molecule has 0 saturated heterocycles. The first kappa shape index (κ1) is 27.0. The van der Waals surface area contributed by atoms with Crippen LogP contribution in [0.25, 0.3) is 16.5 Å². The molecule has 15 heteroatoms. The number of nitrogens with zero attached hydrogens (tertiary/aromatic N) is 6. The van der Waals surface area contributed by atoms with E-state index in [1.54, 1.807) is 6.07 Å². The Morgan fingerprint density at radius 2 is 1.88 bits per heavy atom. The van der Waals surface area contributed by atoms with Crippen molar-refractivity contribution in [3.8, 4) is 5.69 Å². The summed E-state index contributed by atoms with van der Waals surface area (Å²) < 4.78 is 59.5. The number of aromatic nitrogens is 4. The van der Waals surface area contributed by atoms with E-state index in [0.29, 0.717) is 16.5 Å². The van der Waals surface area contributed by atoms with Crippen LogP contribution in [0.4, 0.5) is 17.6 Å². The lowest BCUT2D eigenvalue weighted by Crippen LogP contribution is -2.42. The number of hydrogen-bond donors (Lipinski definition) is 1. The first-order valence-electron chi connectivity index (χ1n) is 11.6. The second-order valence-corrected chi connectivity index (χ2v) is 8.97. The second kappa shape index (κ2) is 10.9. The molecule has 0 radical (unpaired) electrons. The van der Waals surface area contributed by atoms with E-state index in [0.717, 1.165) is 15.9 Å². The zero-order valence-electron chi connectivity index (χ0n) is 20.2. The summed E-state index contributed by atoms with van der Waals surface area (Å²) >= 11 is 6.27. The van der Waals surface area contributed by atoms with E-state index in [-0.39, 0.29) is 35.1 Å². The van der Waals surface area contributed by atoms with Crippen LogP contribution in [0, 0.1) is 0 Å². The molecule has 4 aromatic rings. The Bertz CT molecular complexity index is 1630. The van der Waals surface area contributed by atoms with Crippen LogP contribution < -0.4 is 5.73 Å². The van der Waals surface area contributed by atoms with Crippen LogP contribution in [0.15, 0.2) is 60.0 Å². The van der Waals surface area contributed by atoms with Crippen molar-refractivity contribution in [3.05, 3.63) is 82.7 Å². The third-order valence-corrected chi connectivity index (χ3v) is 6.63. The van der Waals surface area contributed by atoms with E-state index in [1.165, 1.54) is 42.6 Å². The van der Waals surface area contributed by atoms with Gasteiger partial charge < -0.3 is 10.5 Å². The van der Waals surface area contributed by atoms with Gasteiger partial charge in [0.25, 0.3) is 25.2 Å². The SMILES string of the molecule is NC1=N[C@H](c2ccc3c(C(F)F)nccc3c2)C(=O)N1[C@H](COC=O)c1ccc(Cl)c(-n2ncnc2C(F)F)c1. The Hall–Kier alpha value is -4.59. The molecular formula is C25H18ClF4N7O3. The highest BCUT2D eigenvalue weighted by Crippen LogP contribution is 2.36. The Labute approximate surface area is 228 Å². The van der Waals surface area contributed by atoms with Crippen LogP contribution in [0.1, 0.15) is 47.6 Å². The molecule has 5 rings (SSSR count). The number of carbonyl (C=O) groups is 2. The van der Waals surface area contributed by atoms with Gasteiger partial charge >= 0.3 is 0 Å². The van der Waals surface area contributed by atoms with Gasteiger partial charge in [0.2, 0.25) is 0 Å². The molecule has 2 aromatic carbocycles. The molecule has 0 unspecified atom stereocenters. The van der Waals surface area contributed by atoms with Crippen LogP contribution in [0.3, 0.4) is 0 Å².